The standard InChI is InChI=1S/C22H25NO5/c1-2-26-21(25)23-11-9-22(10-12-23)27-15-18-13-16(7-8-20(18)28-22)19-6-4-3-5-17(19)14-24/h3-8,13,24H,2,9-12,14-15H2,1H3. The summed E-state index contributed by atoms with van der Waals surface area (Å²) in [5.41, 5.74) is 3.92. The number of ether oxygens (including phenoxy) is 3. The highest BCUT2D eigenvalue weighted by atomic mass is 16.7. The monoisotopic (exact) mass is 383 g/mol. The molecule has 2 aliphatic heterocycles. The van der Waals surface area contributed by atoms with Crippen LogP contribution in [-0.4, -0.2) is 41.6 Å². The van der Waals surface area contributed by atoms with Gasteiger partial charge in [-0.3, -0.25) is 0 Å². The van der Waals surface area contributed by atoms with Gasteiger partial charge in [0.2, 0.25) is 5.79 Å². The van der Waals surface area contributed by atoms with Crippen LogP contribution in [0.1, 0.15) is 30.9 Å². The third kappa shape index (κ3) is 3.57. The van der Waals surface area contributed by atoms with Gasteiger partial charge in [0.1, 0.15) is 5.75 Å². The second-order valence-electron chi connectivity index (χ2n) is 7.13. The van der Waals surface area contributed by atoms with Gasteiger partial charge in [-0.05, 0) is 35.7 Å². The summed E-state index contributed by atoms with van der Waals surface area (Å²) in [6.07, 6.45) is 0.946. The van der Waals surface area contributed by atoms with Crippen LogP contribution in [0.5, 0.6) is 5.75 Å². The maximum absolute atomic E-state index is 11.9. The molecule has 2 heterocycles. The summed E-state index contributed by atoms with van der Waals surface area (Å²) >= 11 is 0. The number of aliphatic hydroxyl groups is 1. The second kappa shape index (κ2) is 7.81. The molecule has 1 saturated heterocycles. The van der Waals surface area contributed by atoms with Crippen LogP contribution in [0.2, 0.25) is 0 Å². The van der Waals surface area contributed by atoms with Gasteiger partial charge >= 0.3 is 6.09 Å². The molecule has 4 rings (SSSR count). The summed E-state index contributed by atoms with van der Waals surface area (Å²) < 4.78 is 17.4. The minimum Gasteiger partial charge on any atom is -0.462 e. The molecule has 0 saturated carbocycles. The van der Waals surface area contributed by atoms with Crippen molar-refractivity contribution in [3.8, 4) is 16.9 Å². The number of likely N-dealkylation sites (tertiary alicyclic amines) is 1. The van der Waals surface area contributed by atoms with E-state index in [9.17, 15) is 9.90 Å². The molecule has 2 aliphatic rings. The van der Waals surface area contributed by atoms with E-state index in [-0.39, 0.29) is 12.7 Å². The third-order valence-electron chi connectivity index (χ3n) is 5.40. The van der Waals surface area contributed by atoms with E-state index in [2.05, 4.69) is 6.07 Å². The van der Waals surface area contributed by atoms with Crippen molar-refractivity contribution < 1.29 is 24.1 Å². The Morgan fingerprint density at radius 2 is 2.00 bits per heavy atom. The highest BCUT2D eigenvalue weighted by molar-refractivity contribution is 5.69. The number of fused-ring (bicyclic) bond motifs is 1. The van der Waals surface area contributed by atoms with Crippen LogP contribution in [0.4, 0.5) is 4.79 Å². The largest absolute Gasteiger partial charge is 0.462 e. The fraction of sp³-hybridized carbons (Fsp3) is 0.409. The molecule has 2 aromatic carbocycles. The Morgan fingerprint density at radius 1 is 1.21 bits per heavy atom. The Labute approximate surface area is 164 Å². The van der Waals surface area contributed by atoms with Gasteiger partial charge in [-0.15, -0.1) is 0 Å². The van der Waals surface area contributed by atoms with Gasteiger partial charge in [0.15, 0.2) is 0 Å². The second-order valence-corrected chi connectivity index (χ2v) is 7.13. The molecule has 1 N–H and O–H groups in total. The van der Waals surface area contributed by atoms with Gasteiger partial charge in [-0.1, -0.05) is 30.3 Å². The van der Waals surface area contributed by atoms with Crippen LogP contribution in [0.3, 0.4) is 0 Å². The highest BCUT2D eigenvalue weighted by Gasteiger charge is 2.42. The average Bonchev–Trinajstić information content (AvgIpc) is 2.74. The van der Waals surface area contributed by atoms with E-state index in [1.54, 1.807) is 11.8 Å². The molecule has 0 bridgehead atoms. The van der Waals surface area contributed by atoms with Crippen molar-refractivity contribution in [2.24, 2.45) is 0 Å². The molecule has 148 valence electrons. The van der Waals surface area contributed by atoms with Crippen LogP contribution in [0.15, 0.2) is 42.5 Å². The molecule has 2 aromatic rings. The van der Waals surface area contributed by atoms with Crippen molar-refractivity contribution >= 4 is 6.09 Å². The normalized spacial score (nSPS) is 17.7. The van der Waals surface area contributed by atoms with Crippen LogP contribution < -0.4 is 4.74 Å². The van der Waals surface area contributed by atoms with E-state index in [1.807, 2.05) is 36.4 Å². The van der Waals surface area contributed by atoms with Crippen molar-refractivity contribution in [3.63, 3.8) is 0 Å². The molecular weight excluding hydrogens is 358 g/mol. The lowest BCUT2D eigenvalue weighted by Crippen LogP contribution is -2.52. The number of benzene rings is 2. The number of nitrogens with zero attached hydrogens (tertiary/aromatic N) is 1. The fourth-order valence-corrected chi connectivity index (χ4v) is 3.83. The summed E-state index contributed by atoms with van der Waals surface area (Å²) in [5, 5.41) is 9.59. The summed E-state index contributed by atoms with van der Waals surface area (Å²) in [5.74, 6) is 0.140. The minimum atomic E-state index is -0.680. The Hall–Kier alpha value is -2.57. The van der Waals surface area contributed by atoms with Crippen LogP contribution in [-0.2, 0) is 22.7 Å². The molecule has 6 heteroatoms. The predicted octanol–water partition coefficient (Wildman–Crippen LogP) is 3.70. The van der Waals surface area contributed by atoms with Crippen LogP contribution in [0, 0.1) is 0 Å². The molecule has 0 atom stereocenters. The molecule has 1 spiro atoms. The molecule has 1 amide bonds. The van der Waals surface area contributed by atoms with E-state index >= 15 is 0 Å². The van der Waals surface area contributed by atoms with E-state index in [4.69, 9.17) is 14.2 Å². The molecule has 0 unspecified atom stereocenters. The predicted molar refractivity (Wildman–Crippen MR) is 104 cm³/mol. The van der Waals surface area contributed by atoms with Crippen molar-refractivity contribution in [1.82, 2.24) is 4.90 Å². The molecular formula is C22H25NO5. The molecule has 6 nitrogen and oxygen atoms in total. The van der Waals surface area contributed by atoms with E-state index in [0.717, 1.165) is 28.0 Å². The highest BCUT2D eigenvalue weighted by Crippen LogP contribution is 2.39. The smallest absolute Gasteiger partial charge is 0.409 e. The zero-order valence-electron chi connectivity index (χ0n) is 16.0. The van der Waals surface area contributed by atoms with Gasteiger partial charge in [-0.25, -0.2) is 4.79 Å². The quantitative estimate of drug-likeness (QED) is 0.875. The molecule has 0 radical (unpaired) electrons. The van der Waals surface area contributed by atoms with Crippen LogP contribution in [0.25, 0.3) is 11.1 Å². The number of hydrogen-bond acceptors (Lipinski definition) is 5. The summed E-state index contributed by atoms with van der Waals surface area (Å²) in [4.78, 5) is 13.6. The van der Waals surface area contributed by atoms with E-state index in [0.29, 0.717) is 39.1 Å². The molecule has 0 aliphatic carbocycles. The Kier molecular flexibility index (Phi) is 5.24. The first-order chi connectivity index (χ1) is 13.6. The third-order valence-corrected chi connectivity index (χ3v) is 5.40. The lowest BCUT2D eigenvalue weighted by molar-refractivity contribution is -0.226. The van der Waals surface area contributed by atoms with Crippen LogP contribution >= 0.6 is 0 Å². The van der Waals surface area contributed by atoms with Gasteiger partial charge in [0.05, 0.1) is 19.8 Å². The van der Waals surface area contributed by atoms with Gasteiger partial charge in [0, 0.05) is 31.5 Å². The average molecular weight is 383 g/mol. The summed E-state index contributed by atoms with van der Waals surface area (Å²) in [6, 6.07) is 13.9. The van der Waals surface area contributed by atoms with Gasteiger partial charge < -0.3 is 24.2 Å². The first-order valence-electron chi connectivity index (χ1n) is 9.71. The number of piperidine rings is 1. The van der Waals surface area contributed by atoms with Crippen molar-refractivity contribution in [1.29, 1.82) is 0 Å². The van der Waals surface area contributed by atoms with Gasteiger partial charge in [0.25, 0.3) is 0 Å². The Bertz CT molecular complexity index is 858. The van der Waals surface area contributed by atoms with E-state index in [1.165, 1.54) is 0 Å². The Balaban J connectivity index is 1.49. The number of carbonyl (C=O) groups excluding carboxylic acids is 1. The maximum Gasteiger partial charge on any atom is 0.409 e. The molecule has 28 heavy (non-hydrogen) atoms. The zero-order valence-corrected chi connectivity index (χ0v) is 16.0. The zero-order chi connectivity index (χ0) is 19.6. The Morgan fingerprint density at radius 3 is 2.75 bits per heavy atom. The lowest BCUT2D eigenvalue weighted by atomic mass is 9.97. The number of carbonyl (C=O) groups is 1. The number of hydrogen-bond donors (Lipinski definition) is 1. The molecule has 1 fully saturated rings. The first kappa shape index (κ1) is 18.8. The maximum atomic E-state index is 11.9. The SMILES string of the molecule is CCOC(=O)N1CCC2(CC1)OCc1cc(-c3ccccc3CO)ccc1O2. The fourth-order valence-electron chi connectivity index (χ4n) is 3.83. The van der Waals surface area contributed by atoms with Crippen molar-refractivity contribution in [3.05, 3.63) is 53.6 Å². The van der Waals surface area contributed by atoms with E-state index < -0.39 is 5.79 Å². The number of rotatable bonds is 3. The summed E-state index contributed by atoms with van der Waals surface area (Å²) in [7, 11) is 0. The lowest BCUT2D eigenvalue weighted by Gasteiger charge is -2.43. The van der Waals surface area contributed by atoms with Crippen molar-refractivity contribution in [2.45, 2.75) is 38.8 Å². The number of amides is 1. The topological polar surface area (TPSA) is 68.2 Å². The molecule has 0 aromatic heterocycles. The van der Waals surface area contributed by atoms with Crippen molar-refractivity contribution in [2.75, 3.05) is 19.7 Å². The summed E-state index contributed by atoms with van der Waals surface area (Å²) in [6.45, 7) is 3.75. The first-order valence-corrected chi connectivity index (χ1v) is 9.71. The number of aliphatic hydroxyl groups excluding tert-OH is 1. The minimum absolute atomic E-state index is 0.000332. The van der Waals surface area contributed by atoms with Gasteiger partial charge in [-0.2, -0.15) is 0 Å².